The molecule has 0 aliphatic heterocycles. The predicted molar refractivity (Wildman–Crippen MR) is 56.1 cm³/mol. The number of carbonyl (C=O) groups is 1. The first-order valence-corrected chi connectivity index (χ1v) is 5.02. The zero-order valence-electron chi connectivity index (χ0n) is 6.66. The summed E-state index contributed by atoms with van der Waals surface area (Å²) in [6.45, 7) is 0. The highest BCUT2D eigenvalue weighted by Gasteiger charge is 2.03. The first-order valence-electron chi connectivity index (χ1n) is 3.50. The molecule has 0 aromatic heterocycles. The highest BCUT2D eigenvalue weighted by Crippen LogP contribution is 2.18. The summed E-state index contributed by atoms with van der Waals surface area (Å²) >= 11 is 2.03. The Morgan fingerprint density at radius 3 is 2.92 bits per heavy atom. The van der Waals surface area contributed by atoms with Gasteiger partial charge in [0.2, 0.25) is 0 Å². The highest BCUT2D eigenvalue weighted by molar-refractivity contribution is 14.1. The molecular formula is C9H6INO2. The predicted octanol–water partition coefficient (Wildman–Crippen LogP) is 2.14. The summed E-state index contributed by atoms with van der Waals surface area (Å²) in [5.74, 6) is 0.462. The summed E-state index contributed by atoms with van der Waals surface area (Å²) < 4.78 is 5.63. The van der Waals surface area contributed by atoms with Gasteiger partial charge in [-0.15, -0.1) is 0 Å². The molecule has 0 aliphatic carbocycles. The molecule has 1 aromatic rings. The average molecular weight is 287 g/mol. The quantitative estimate of drug-likeness (QED) is 0.486. The van der Waals surface area contributed by atoms with E-state index < -0.39 is 0 Å². The van der Waals surface area contributed by atoms with Crippen molar-refractivity contribution in [1.29, 1.82) is 5.26 Å². The summed E-state index contributed by atoms with van der Waals surface area (Å²) in [5.41, 5.74) is 0.959. The van der Waals surface area contributed by atoms with Crippen molar-refractivity contribution in [2.75, 3.05) is 4.61 Å². The van der Waals surface area contributed by atoms with Gasteiger partial charge in [-0.2, -0.15) is 5.26 Å². The van der Waals surface area contributed by atoms with Crippen LogP contribution < -0.4 is 4.74 Å². The second kappa shape index (κ2) is 4.82. The Morgan fingerprint density at radius 2 is 2.38 bits per heavy atom. The molecule has 66 valence electrons. The van der Waals surface area contributed by atoms with E-state index in [0.29, 0.717) is 27.8 Å². The minimum atomic E-state index is 0.452. The third kappa shape index (κ3) is 2.42. The van der Waals surface area contributed by atoms with Gasteiger partial charge in [0.1, 0.15) is 10.4 Å². The van der Waals surface area contributed by atoms with Crippen LogP contribution >= 0.6 is 22.6 Å². The Balaban J connectivity index is 3.11. The van der Waals surface area contributed by atoms with Crippen LogP contribution in [0.15, 0.2) is 18.2 Å². The normalized spacial score (nSPS) is 8.92. The molecule has 0 saturated carbocycles. The molecular weight excluding hydrogens is 281 g/mol. The number of benzene rings is 1. The number of nitrogens with zero attached hydrogens (tertiary/aromatic N) is 1. The SMILES string of the molecule is N#Cc1ccc(C=O)c(OCI)c1. The molecule has 0 saturated heterocycles. The largest absolute Gasteiger partial charge is 0.483 e. The Hall–Kier alpha value is -1.09. The number of rotatable bonds is 3. The fraction of sp³-hybridized carbons (Fsp3) is 0.111. The van der Waals surface area contributed by atoms with Crippen molar-refractivity contribution in [2.24, 2.45) is 0 Å². The van der Waals surface area contributed by atoms with Gasteiger partial charge in [0.15, 0.2) is 6.29 Å². The third-order valence-corrected chi connectivity index (χ3v) is 1.79. The van der Waals surface area contributed by atoms with E-state index in [4.69, 9.17) is 10.00 Å². The topological polar surface area (TPSA) is 50.1 Å². The molecule has 4 heteroatoms. The van der Waals surface area contributed by atoms with Gasteiger partial charge >= 0.3 is 0 Å². The van der Waals surface area contributed by atoms with Gasteiger partial charge in [-0.3, -0.25) is 4.79 Å². The van der Waals surface area contributed by atoms with Gasteiger partial charge in [0.05, 0.1) is 17.2 Å². The van der Waals surface area contributed by atoms with Crippen molar-refractivity contribution in [3.63, 3.8) is 0 Å². The smallest absolute Gasteiger partial charge is 0.153 e. The maximum absolute atomic E-state index is 10.5. The van der Waals surface area contributed by atoms with Gasteiger partial charge < -0.3 is 4.74 Å². The van der Waals surface area contributed by atoms with Gasteiger partial charge in [-0.05, 0) is 40.8 Å². The van der Waals surface area contributed by atoms with Crippen molar-refractivity contribution in [3.8, 4) is 11.8 Å². The molecule has 0 bridgehead atoms. The lowest BCUT2D eigenvalue weighted by Crippen LogP contribution is -1.94. The van der Waals surface area contributed by atoms with Crippen LogP contribution in [-0.4, -0.2) is 10.9 Å². The van der Waals surface area contributed by atoms with Gasteiger partial charge in [0.25, 0.3) is 0 Å². The van der Waals surface area contributed by atoms with Gasteiger partial charge in [0, 0.05) is 0 Å². The lowest BCUT2D eigenvalue weighted by atomic mass is 10.1. The maximum Gasteiger partial charge on any atom is 0.153 e. The van der Waals surface area contributed by atoms with Crippen LogP contribution in [0.5, 0.6) is 5.75 Å². The number of hydrogen-bond donors (Lipinski definition) is 0. The van der Waals surface area contributed by atoms with Crippen LogP contribution in [-0.2, 0) is 0 Å². The zero-order valence-corrected chi connectivity index (χ0v) is 8.82. The minimum Gasteiger partial charge on any atom is -0.483 e. The number of nitriles is 1. The molecule has 3 nitrogen and oxygen atoms in total. The van der Waals surface area contributed by atoms with Crippen LogP contribution in [0.4, 0.5) is 0 Å². The second-order valence-electron chi connectivity index (χ2n) is 2.24. The molecule has 0 radical (unpaired) electrons. The Labute approximate surface area is 89.5 Å². The standard InChI is InChI=1S/C9H6INO2/c10-6-13-9-3-7(4-11)1-2-8(9)5-12/h1-3,5H,6H2. The molecule has 1 rings (SSSR count). The number of aldehydes is 1. The molecule has 0 atom stereocenters. The van der Waals surface area contributed by atoms with Crippen molar-refractivity contribution >= 4 is 28.9 Å². The van der Waals surface area contributed by atoms with Gasteiger partial charge in [-0.1, -0.05) is 0 Å². The fourth-order valence-electron chi connectivity index (χ4n) is 0.885. The van der Waals surface area contributed by atoms with Crippen LogP contribution in [0.25, 0.3) is 0 Å². The molecule has 0 aliphatic rings. The Morgan fingerprint density at radius 1 is 1.62 bits per heavy atom. The number of halogens is 1. The number of hydrogen-bond acceptors (Lipinski definition) is 3. The second-order valence-corrected chi connectivity index (χ2v) is 2.86. The molecule has 13 heavy (non-hydrogen) atoms. The van der Waals surface area contributed by atoms with E-state index in [1.807, 2.05) is 28.7 Å². The van der Waals surface area contributed by atoms with E-state index in [9.17, 15) is 4.79 Å². The number of ether oxygens (including phenoxy) is 1. The van der Waals surface area contributed by atoms with Crippen molar-refractivity contribution in [2.45, 2.75) is 0 Å². The molecule has 0 N–H and O–H groups in total. The lowest BCUT2D eigenvalue weighted by Gasteiger charge is -2.04. The lowest BCUT2D eigenvalue weighted by molar-refractivity contribution is 0.112. The first kappa shape index (κ1) is 9.99. The summed E-state index contributed by atoms with van der Waals surface area (Å²) in [5, 5.41) is 8.60. The number of carbonyl (C=O) groups excluding carboxylic acids is 1. The Kier molecular flexibility index (Phi) is 3.71. The minimum absolute atomic E-state index is 0.452. The van der Waals surface area contributed by atoms with Crippen molar-refractivity contribution in [3.05, 3.63) is 29.3 Å². The summed E-state index contributed by atoms with van der Waals surface area (Å²) in [4.78, 5) is 10.5. The molecule has 1 aromatic carbocycles. The summed E-state index contributed by atoms with van der Waals surface area (Å²) in [7, 11) is 0. The average Bonchev–Trinajstić information content (AvgIpc) is 2.18. The van der Waals surface area contributed by atoms with E-state index in [1.165, 1.54) is 0 Å². The molecule has 0 heterocycles. The van der Waals surface area contributed by atoms with E-state index >= 15 is 0 Å². The molecule has 0 spiro atoms. The molecule has 0 fully saturated rings. The van der Waals surface area contributed by atoms with Crippen molar-refractivity contribution < 1.29 is 9.53 Å². The highest BCUT2D eigenvalue weighted by atomic mass is 127. The Bertz CT molecular complexity index is 357. The summed E-state index contributed by atoms with van der Waals surface area (Å²) in [6.07, 6.45) is 0.711. The van der Waals surface area contributed by atoms with Crippen LogP contribution in [0.1, 0.15) is 15.9 Å². The molecule has 0 amide bonds. The van der Waals surface area contributed by atoms with Crippen molar-refractivity contribution in [1.82, 2.24) is 0 Å². The van der Waals surface area contributed by atoms with Crippen LogP contribution in [0, 0.1) is 11.3 Å². The number of alkyl halides is 1. The third-order valence-electron chi connectivity index (χ3n) is 1.48. The zero-order chi connectivity index (χ0) is 9.68. The van der Waals surface area contributed by atoms with E-state index in [0.717, 1.165) is 0 Å². The van der Waals surface area contributed by atoms with E-state index in [2.05, 4.69) is 0 Å². The van der Waals surface area contributed by atoms with E-state index in [-0.39, 0.29) is 0 Å². The fourth-order valence-corrected chi connectivity index (χ4v) is 1.22. The first-order chi connectivity index (χ1) is 6.31. The van der Waals surface area contributed by atoms with Crippen LogP contribution in [0.2, 0.25) is 0 Å². The van der Waals surface area contributed by atoms with Gasteiger partial charge in [-0.25, -0.2) is 0 Å². The maximum atomic E-state index is 10.5. The monoisotopic (exact) mass is 287 g/mol. The summed E-state index contributed by atoms with van der Waals surface area (Å²) in [6, 6.07) is 6.70. The molecule has 0 unspecified atom stereocenters. The van der Waals surface area contributed by atoms with E-state index in [1.54, 1.807) is 18.2 Å². The van der Waals surface area contributed by atoms with Crippen LogP contribution in [0.3, 0.4) is 0 Å².